The molecule has 92 valence electrons. The van der Waals surface area contributed by atoms with Gasteiger partial charge in [-0.15, -0.1) is 0 Å². The summed E-state index contributed by atoms with van der Waals surface area (Å²) in [6.07, 6.45) is 4.37. The van der Waals surface area contributed by atoms with Crippen molar-refractivity contribution in [2.75, 3.05) is 6.61 Å². The van der Waals surface area contributed by atoms with Crippen LogP contribution in [-0.4, -0.2) is 23.3 Å². The summed E-state index contributed by atoms with van der Waals surface area (Å²) < 4.78 is 0. The summed E-state index contributed by atoms with van der Waals surface area (Å²) in [5, 5.41) is 13.2. The van der Waals surface area contributed by atoms with Gasteiger partial charge >= 0.3 is 0 Å². The molecule has 0 saturated carbocycles. The fourth-order valence-electron chi connectivity index (χ4n) is 1.96. The number of nitrogens with one attached hydrogen (secondary N) is 1. The Bertz CT molecular complexity index is 141. The molecular formula is C13H29NO. The van der Waals surface area contributed by atoms with E-state index in [-0.39, 0.29) is 12.1 Å². The molecule has 0 bridgehead atoms. The smallest absolute Gasteiger partial charge is 0.0613 e. The van der Waals surface area contributed by atoms with Crippen LogP contribution in [0.1, 0.15) is 60.3 Å². The zero-order valence-corrected chi connectivity index (χ0v) is 11.1. The molecule has 3 atom stereocenters. The van der Waals surface area contributed by atoms with Gasteiger partial charge in [0.2, 0.25) is 0 Å². The van der Waals surface area contributed by atoms with Crippen LogP contribution >= 0.6 is 0 Å². The van der Waals surface area contributed by atoms with E-state index in [0.29, 0.717) is 12.0 Å². The van der Waals surface area contributed by atoms with Crippen LogP contribution in [0, 0.1) is 5.92 Å². The van der Waals surface area contributed by atoms with E-state index < -0.39 is 0 Å². The van der Waals surface area contributed by atoms with Crippen molar-refractivity contribution in [3.05, 3.63) is 0 Å². The zero-order valence-electron chi connectivity index (χ0n) is 11.1. The van der Waals surface area contributed by atoms with Gasteiger partial charge in [-0.3, -0.25) is 0 Å². The van der Waals surface area contributed by atoms with Crippen LogP contribution in [0.3, 0.4) is 0 Å². The fourth-order valence-corrected chi connectivity index (χ4v) is 1.96. The summed E-state index contributed by atoms with van der Waals surface area (Å²) in [6.45, 7) is 11.3. The van der Waals surface area contributed by atoms with E-state index in [1.807, 2.05) is 0 Å². The topological polar surface area (TPSA) is 32.3 Å². The lowest BCUT2D eigenvalue weighted by Crippen LogP contribution is -2.52. The van der Waals surface area contributed by atoms with Crippen LogP contribution in [-0.2, 0) is 0 Å². The minimum Gasteiger partial charge on any atom is -0.394 e. The number of hydrogen-bond acceptors (Lipinski definition) is 2. The molecule has 0 amide bonds. The predicted octanol–water partition coefficient (Wildman–Crippen LogP) is 2.95. The van der Waals surface area contributed by atoms with Crippen molar-refractivity contribution >= 4 is 0 Å². The number of aliphatic hydroxyl groups is 1. The first-order chi connectivity index (χ1) is 7.03. The van der Waals surface area contributed by atoms with E-state index in [1.54, 1.807) is 0 Å². The third kappa shape index (κ3) is 4.98. The average Bonchev–Trinajstić information content (AvgIpc) is 2.27. The van der Waals surface area contributed by atoms with Gasteiger partial charge in [-0.1, -0.05) is 34.1 Å². The van der Waals surface area contributed by atoms with Crippen LogP contribution < -0.4 is 5.32 Å². The zero-order chi connectivity index (χ0) is 11.9. The highest BCUT2D eigenvalue weighted by molar-refractivity contribution is 4.89. The van der Waals surface area contributed by atoms with Gasteiger partial charge in [-0.05, 0) is 32.1 Å². The summed E-state index contributed by atoms with van der Waals surface area (Å²) >= 11 is 0. The molecule has 2 heteroatoms. The number of aliphatic hydroxyl groups excluding tert-OH is 1. The van der Waals surface area contributed by atoms with E-state index in [1.165, 1.54) is 6.42 Å². The maximum absolute atomic E-state index is 9.60. The first-order valence-corrected chi connectivity index (χ1v) is 6.42. The van der Waals surface area contributed by atoms with Gasteiger partial charge in [0.05, 0.1) is 6.61 Å². The molecule has 0 rings (SSSR count). The molecule has 0 aromatic heterocycles. The van der Waals surface area contributed by atoms with Crippen LogP contribution in [0.25, 0.3) is 0 Å². The van der Waals surface area contributed by atoms with E-state index in [4.69, 9.17) is 0 Å². The molecule has 0 aliphatic rings. The van der Waals surface area contributed by atoms with Crippen molar-refractivity contribution in [1.82, 2.24) is 5.32 Å². The molecule has 0 aromatic carbocycles. The van der Waals surface area contributed by atoms with E-state index in [2.05, 4.69) is 39.9 Å². The van der Waals surface area contributed by atoms with Crippen LogP contribution in [0.15, 0.2) is 0 Å². The monoisotopic (exact) mass is 215 g/mol. The SMILES string of the molecule is CCC(C)CC(CC)(CO)NC(C)CC. The molecule has 0 aliphatic carbocycles. The largest absolute Gasteiger partial charge is 0.394 e. The van der Waals surface area contributed by atoms with Crippen molar-refractivity contribution in [3.8, 4) is 0 Å². The van der Waals surface area contributed by atoms with E-state index in [9.17, 15) is 5.11 Å². The second kappa shape index (κ2) is 7.24. The minimum absolute atomic E-state index is 0.0646. The summed E-state index contributed by atoms with van der Waals surface area (Å²) in [6, 6.07) is 0.487. The Hall–Kier alpha value is -0.0800. The van der Waals surface area contributed by atoms with Crippen molar-refractivity contribution in [3.63, 3.8) is 0 Å². The Kier molecular flexibility index (Phi) is 7.20. The van der Waals surface area contributed by atoms with E-state index in [0.717, 1.165) is 19.3 Å². The van der Waals surface area contributed by atoms with Gasteiger partial charge in [-0.25, -0.2) is 0 Å². The summed E-state index contributed by atoms with van der Waals surface area (Å²) in [5.74, 6) is 0.675. The van der Waals surface area contributed by atoms with Gasteiger partial charge in [0.15, 0.2) is 0 Å². The van der Waals surface area contributed by atoms with Gasteiger partial charge < -0.3 is 10.4 Å². The third-order valence-corrected chi connectivity index (χ3v) is 3.58. The predicted molar refractivity (Wildman–Crippen MR) is 67.1 cm³/mol. The Balaban J connectivity index is 4.42. The summed E-state index contributed by atoms with van der Waals surface area (Å²) in [4.78, 5) is 0. The normalized spacial score (nSPS) is 19.6. The van der Waals surface area contributed by atoms with Gasteiger partial charge in [0.25, 0.3) is 0 Å². The third-order valence-electron chi connectivity index (χ3n) is 3.58. The lowest BCUT2D eigenvalue weighted by atomic mass is 9.84. The van der Waals surface area contributed by atoms with Crippen LogP contribution in [0.2, 0.25) is 0 Å². The van der Waals surface area contributed by atoms with Crippen molar-refractivity contribution in [2.45, 2.75) is 71.9 Å². The molecule has 3 unspecified atom stereocenters. The number of hydrogen-bond donors (Lipinski definition) is 2. The standard InChI is InChI=1S/C13H29NO/c1-6-11(4)9-13(8-3,10-15)14-12(5)7-2/h11-12,14-15H,6-10H2,1-5H3. The van der Waals surface area contributed by atoms with Crippen molar-refractivity contribution < 1.29 is 5.11 Å². The van der Waals surface area contributed by atoms with Gasteiger partial charge in [-0.2, -0.15) is 0 Å². The highest BCUT2D eigenvalue weighted by Crippen LogP contribution is 2.23. The molecule has 2 N–H and O–H groups in total. The number of rotatable bonds is 8. The summed E-state index contributed by atoms with van der Waals surface area (Å²) in [5.41, 5.74) is -0.0646. The highest BCUT2D eigenvalue weighted by Gasteiger charge is 2.29. The highest BCUT2D eigenvalue weighted by atomic mass is 16.3. The van der Waals surface area contributed by atoms with Gasteiger partial charge in [0, 0.05) is 11.6 Å². The second-order valence-corrected chi connectivity index (χ2v) is 4.96. The molecule has 0 heterocycles. The van der Waals surface area contributed by atoms with Crippen molar-refractivity contribution in [2.24, 2.45) is 5.92 Å². The second-order valence-electron chi connectivity index (χ2n) is 4.96. The molecule has 0 fully saturated rings. The molecule has 15 heavy (non-hydrogen) atoms. The van der Waals surface area contributed by atoms with Gasteiger partial charge in [0.1, 0.15) is 0 Å². The van der Waals surface area contributed by atoms with E-state index >= 15 is 0 Å². The molecule has 0 aromatic rings. The first kappa shape index (κ1) is 14.9. The Morgan fingerprint density at radius 2 is 1.73 bits per heavy atom. The molecule has 0 saturated heterocycles. The summed E-state index contributed by atoms with van der Waals surface area (Å²) in [7, 11) is 0. The molecular weight excluding hydrogens is 186 g/mol. The molecule has 2 nitrogen and oxygen atoms in total. The van der Waals surface area contributed by atoms with Crippen LogP contribution in [0.4, 0.5) is 0 Å². The fraction of sp³-hybridized carbons (Fsp3) is 1.00. The lowest BCUT2D eigenvalue weighted by molar-refractivity contribution is 0.119. The molecule has 0 radical (unpaired) electrons. The quantitative estimate of drug-likeness (QED) is 0.652. The van der Waals surface area contributed by atoms with Crippen molar-refractivity contribution in [1.29, 1.82) is 0 Å². The Morgan fingerprint density at radius 3 is 2.07 bits per heavy atom. The average molecular weight is 215 g/mol. The minimum atomic E-state index is -0.0646. The Labute approximate surface area is 95.5 Å². The lowest BCUT2D eigenvalue weighted by Gasteiger charge is -2.37. The Morgan fingerprint density at radius 1 is 1.13 bits per heavy atom. The molecule has 0 aliphatic heterocycles. The van der Waals surface area contributed by atoms with Crippen LogP contribution in [0.5, 0.6) is 0 Å². The maximum atomic E-state index is 9.60. The molecule has 0 spiro atoms. The first-order valence-electron chi connectivity index (χ1n) is 6.42. The maximum Gasteiger partial charge on any atom is 0.0613 e.